The van der Waals surface area contributed by atoms with Crippen molar-refractivity contribution in [1.82, 2.24) is 0 Å². The van der Waals surface area contributed by atoms with Crippen LogP contribution in [0.25, 0.3) is 0 Å². The Hall–Kier alpha value is 0.220. The number of benzene rings is 1. The van der Waals surface area contributed by atoms with Gasteiger partial charge >= 0.3 is 29.6 Å². The normalized spacial score (nSPS) is 11.5. The van der Waals surface area contributed by atoms with E-state index in [1.165, 1.54) is 26.4 Å². The average Bonchev–Trinajstić information content (AvgIpc) is 2.17. The molecule has 78 valence electrons. The fraction of sp³-hybridized carbons (Fsp3) is 0.250. The van der Waals surface area contributed by atoms with Crippen LogP contribution in [0.15, 0.2) is 17.0 Å². The van der Waals surface area contributed by atoms with Gasteiger partial charge in [0.2, 0.25) is 0 Å². The van der Waals surface area contributed by atoms with E-state index in [1.807, 2.05) is 0 Å². The molecule has 1 aromatic carbocycles. The van der Waals surface area contributed by atoms with Crippen molar-refractivity contribution in [2.24, 2.45) is 0 Å². The quantitative estimate of drug-likeness (QED) is 0.494. The van der Waals surface area contributed by atoms with Crippen LogP contribution in [0.3, 0.4) is 0 Å². The van der Waals surface area contributed by atoms with E-state index < -0.39 is 11.1 Å². The van der Waals surface area contributed by atoms with Crippen LogP contribution in [0.5, 0.6) is 11.5 Å². The van der Waals surface area contributed by atoms with E-state index in [0.29, 0.717) is 0 Å². The van der Waals surface area contributed by atoms with Gasteiger partial charge in [-0.1, -0.05) is 11.6 Å². The van der Waals surface area contributed by atoms with Gasteiger partial charge < -0.3 is 14.0 Å². The van der Waals surface area contributed by atoms with Gasteiger partial charge in [0.05, 0.1) is 19.2 Å². The molecule has 15 heavy (non-hydrogen) atoms. The maximum Gasteiger partial charge on any atom is 1.00 e. The Bertz CT molecular complexity index is 372. The van der Waals surface area contributed by atoms with Gasteiger partial charge in [-0.2, -0.15) is 0 Å². The largest absolute Gasteiger partial charge is 1.00 e. The van der Waals surface area contributed by atoms with Crippen molar-refractivity contribution < 1.29 is 47.8 Å². The maximum atomic E-state index is 10.9. The monoisotopic (exact) mass is 258 g/mol. The molecule has 0 aliphatic carbocycles. The summed E-state index contributed by atoms with van der Waals surface area (Å²) in [6.07, 6.45) is 0. The standard InChI is InChI=1S/C8H9ClO4S.Na/c1-12-6-4-3-5(9)7(13-2)8(6)14(10)11;/h3-4H,1-2H3,(H,10,11);/q;+1/p-1. The topological polar surface area (TPSA) is 58.6 Å². The van der Waals surface area contributed by atoms with Gasteiger partial charge in [0.25, 0.3) is 0 Å². The molecule has 1 rings (SSSR count). The van der Waals surface area contributed by atoms with Crippen molar-refractivity contribution in [3.63, 3.8) is 0 Å². The van der Waals surface area contributed by atoms with Crippen LogP contribution in [-0.2, 0) is 11.1 Å². The molecule has 0 aliphatic rings. The van der Waals surface area contributed by atoms with E-state index in [1.54, 1.807) is 0 Å². The molecule has 1 unspecified atom stereocenters. The van der Waals surface area contributed by atoms with Crippen molar-refractivity contribution in [2.45, 2.75) is 4.90 Å². The van der Waals surface area contributed by atoms with Gasteiger partial charge in [-0.15, -0.1) is 0 Å². The van der Waals surface area contributed by atoms with Crippen LogP contribution in [0, 0.1) is 0 Å². The zero-order valence-electron chi connectivity index (χ0n) is 8.57. The van der Waals surface area contributed by atoms with Gasteiger partial charge in [-0.05, 0) is 23.2 Å². The van der Waals surface area contributed by atoms with Crippen molar-refractivity contribution in [3.05, 3.63) is 17.2 Å². The molecule has 4 nitrogen and oxygen atoms in total. The van der Waals surface area contributed by atoms with Crippen LogP contribution < -0.4 is 39.0 Å². The zero-order valence-corrected chi connectivity index (χ0v) is 12.1. The predicted molar refractivity (Wildman–Crippen MR) is 51.7 cm³/mol. The first-order valence-electron chi connectivity index (χ1n) is 3.61. The minimum atomic E-state index is -2.45. The fourth-order valence-electron chi connectivity index (χ4n) is 1.03. The minimum Gasteiger partial charge on any atom is -0.768 e. The summed E-state index contributed by atoms with van der Waals surface area (Å²) in [5, 5.41) is 0.229. The number of hydrogen-bond donors (Lipinski definition) is 0. The maximum absolute atomic E-state index is 10.9. The summed E-state index contributed by atoms with van der Waals surface area (Å²) in [6.45, 7) is 0. The SMILES string of the molecule is COc1ccc(Cl)c(OC)c1S(=O)[O-].[Na+]. The van der Waals surface area contributed by atoms with Gasteiger partial charge in [0.1, 0.15) is 10.6 Å². The Morgan fingerprint density at radius 1 is 1.33 bits per heavy atom. The summed E-state index contributed by atoms with van der Waals surface area (Å²) in [5.41, 5.74) is 0. The number of rotatable bonds is 3. The van der Waals surface area contributed by atoms with Crippen LogP contribution in [0.2, 0.25) is 5.02 Å². The third-order valence-corrected chi connectivity index (χ3v) is 2.64. The van der Waals surface area contributed by atoms with E-state index in [-0.39, 0.29) is 51.0 Å². The van der Waals surface area contributed by atoms with Gasteiger partial charge in [0, 0.05) is 0 Å². The molecule has 0 bridgehead atoms. The van der Waals surface area contributed by atoms with E-state index >= 15 is 0 Å². The zero-order chi connectivity index (χ0) is 10.7. The molecule has 0 spiro atoms. The first kappa shape index (κ1) is 15.2. The Morgan fingerprint density at radius 3 is 2.33 bits per heavy atom. The number of hydrogen-bond acceptors (Lipinski definition) is 4. The van der Waals surface area contributed by atoms with E-state index in [4.69, 9.17) is 21.1 Å². The Morgan fingerprint density at radius 2 is 1.93 bits per heavy atom. The average molecular weight is 259 g/mol. The molecule has 0 saturated carbocycles. The summed E-state index contributed by atoms with van der Waals surface area (Å²) >= 11 is 3.30. The van der Waals surface area contributed by atoms with E-state index in [2.05, 4.69) is 0 Å². The van der Waals surface area contributed by atoms with Gasteiger partial charge in [0.15, 0.2) is 5.75 Å². The second kappa shape index (κ2) is 6.73. The Kier molecular flexibility index (Phi) is 6.83. The number of methoxy groups -OCH3 is 2. The summed E-state index contributed by atoms with van der Waals surface area (Å²) in [5.74, 6) is 0.305. The summed E-state index contributed by atoms with van der Waals surface area (Å²) in [4.78, 5) is -0.0671. The molecule has 0 heterocycles. The molecular weight excluding hydrogens is 251 g/mol. The molecule has 0 N–H and O–H groups in total. The minimum absolute atomic E-state index is 0. The molecule has 1 aromatic rings. The van der Waals surface area contributed by atoms with E-state index in [0.717, 1.165) is 0 Å². The molecule has 0 amide bonds. The third-order valence-electron chi connectivity index (χ3n) is 1.62. The van der Waals surface area contributed by atoms with Crippen molar-refractivity contribution in [1.29, 1.82) is 0 Å². The van der Waals surface area contributed by atoms with Crippen LogP contribution in [0.1, 0.15) is 0 Å². The molecule has 1 atom stereocenters. The van der Waals surface area contributed by atoms with Crippen LogP contribution in [0.4, 0.5) is 0 Å². The molecule has 0 radical (unpaired) electrons. The van der Waals surface area contributed by atoms with E-state index in [9.17, 15) is 8.76 Å². The van der Waals surface area contributed by atoms with Gasteiger partial charge in [-0.3, -0.25) is 4.21 Å². The number of halogens is 1. The van der Waals surface area contributed by atoms with Crippen LogP contribution in [-0.4, -0.2) is 23.0 Å². The molecule has 7 heteroatoms. The second-order valence-corrected chi connectivity index (χ2v) is 3.63. The molecule has 0 fully saturated rings. The summed E-state index contributed by atoms with van der Waals surface area (Å²) < 4.78 is 31.5. The summed E-state index contributed by atoms with van der Waals surface area (Å²) in [7, 11) is 2.72. The van der Waals surface area contributed by atoms with Gasteiger partial charge in [-0.25, -0.2) is 0 Å². The van der Waals surface area contributed by atoms with Crippen LogP contribution >= 0.6 is 11.6 Å². The fourth-order valence-corrected chi connectivity index (χ4v) is 1.98. The first-order chi connectivity index (χ1) is 6.61. The predicted octanol–water partition coefficient (Wildman–Crippen LogP) is -1.40. The van der Waals surface area contributed by atoms with Crippen molar-refractivity contribution in [2.75, 3.05) is 14.2 Å². The van der Waals surface area contributed by atoms with Crippen molar-refractivity contribution in [3.8, 4) is 11.5 Å². The first-order valence-corrected chi connectivity index (χ1v) is 5.06. The number of ether oxygens (including phenoxy) is 2. The molecule has 0 aromatic heterocycles. The third kappa shape index (κ3) is 3.34. The van der Waals surface area contributed by atoms with Crippen molar-refractivity contribution >= 4 is 22.7 Å². The molecule has 0 aliphatic heterocycles. The molecular formula is C8H8ClNaO4S. The summed E-state index contributed by atoms with van der Waals surface area (Å²) in [6, 6.07) is 2.98. The Labute approximate surface area is 117 Å². The molecule has 0 saturated heterocycles. The Balaban J connectivity index is 0.00000196. The second-order valence-electron chi connectivity index (χ2n) is 2.35. The smallest absolute Gasteiger partial charge is 0.768 e.